The summed E-state index contributed by atoms with van der Waals surface area (Å²) in [5.74, 6) is 1.44. The van der Waals surface area contributed by atoms with Crippen molar-refractivity contribution in [1.82, 2.24) is 0 Å². The predicted molar refractivity (Wildman–Crippen MR) is 66.8 cm³/mol. The number of nitrogens with two attached hydrogens (primary N) is 1. The highest BCUT2D eigenvalue weighted by Gasteiger charge is 2.12. The van der Waals surface area contributed by atoms with Crippen molar-refractivity contribution in [2.45, 2.75) is 39.2 Å². The lowest BCUT2D eigenvalue weighted by Gasteiger charge is -2.16. The van der Waals surface area contributed by atoms with Crippen molar-refractivity contribution >= 4 is 0 Å². The molecular formula is C14H21NO. The van der Waals surface area contributed by atoms with Crippen LogP contribution in [0.3, 0.4) is 0 Å². The molecule has 0 saturated heterocycles. The van der Waals surface area contributed by atoms with Crippen LogP contribution in [0.15, 0.2) is 18.2 Å². The monoisotopic (exact) mass is 219 g/mol. The Labute approximate surface area is 97.8 Å². The molecule has 0 unspecified atom stereocenters. The minimum absolute atomic E-state index is 0.119. The van der Waals surface area contributed by atoms with Gasteiger partial charge in [0, 0.05) is 6.04 Å². The van der Waals surface area contributed by atoms with Crippen molar-refractivity contribution < 1.29 is 4.74 Å². The van der Waals surface area contributed by atoms with Crippen LogP contribution < -0.4 is 10.5 Å². The molecule has 16 heavy (non-hydrogen) atoms. The first-order valence-corrected chi connectivity index (χ1v) is 6.17. The summed E-state index contributed by atoms with van der Waals surface area (Å²) in [6.07, 6.45) is 3.70. The zero-order valence-electron chi connectivity index (χ0n) is 10.2. The molecule has 88 valence electrons. The predicted octanol–water partition coefficient (Wildman–Crippen LogP) is 2.54. The first-order chi connectivity index (χ1) is 7.66. The standard InChI is InChI=1S/C14H21NO/c1-10(2)14(15)9-16-13-7-6-11-4-3-5-12(11)8-13/h6-8,10,14H,3-5,9,15H2,1-2H3/t14-/m1/s1. The SMILES string of the molecule is CC(C)[C@H](N)COc1ccc2c(c1)CCC2. The summed E-state index contributed by atoms with van der Waals surface area (Å²) in [5.41, 5.74) is 8.89. The van der Waals surface area contributed by atoms with Crippen molar-refractivity contribution in [3.05, 3.63) is 29.3 Å². The summed E-state index contributed by atoms with van der Waals surface area (Å²) >= 11 is 0. The summed E-state index contributed by atoms with van der Waals surface area (Å²) in [4.78, 5) is 0. The Balaban J connectivity index is 1.95. The number of ether oxygens (including phenoxy) is 1. The number of rotatable bonds is 4. The molecule has 2 heteroatoms. The molecule has 2 rings (SSSR count). The molecule has 2 nitrogen and oxygen atoms in total. The largest absolute Gasteiger partial charge is 0.492 e. The van der Waals surface area contributed by atoms with Crippen molar-refractivity contribution in [1.29, 1.82) is 0 Å². The van der Waals surface area contributed by atoms with Gasteiger partial charge in [0.1, 0.15) is 12.4 Å². The molecule has 1 aliphatic rings. The van der Waals surface area contributed by atoms with Crippen molar-refractivity contribution in [3.8, 4) is 5.75 Å². The third kappa shape index (κ3) is 2.56. The average Bonchev–Trinajstić information content (AvgIpc) is 2.72. The van der Waals surface area contributed by atoms with E-state index >= 15 is 0 Å². The third-order valence-corrected chi connectivity index (χ3v) is 3.37. The number of hydrogen-bond donors (Lipinski definition) is 1. The zero-order chi connectivity index (χ0) is 11.5. The molecule has 0 heterocycles. The fraction of sp³-hybridized carbons (Fsp3) is 0.571. The Bertz CT molecular complexity index is 360. The van der Waals surface area contributed by atoms with E-state index < -0.39 is 0 Å². The van der Waals surface area contributed by atoms with Gasteiger partial charge in [0.15, 0.2) is 0 Å². The Morgan fingerprint density at radius 1 is 1.25 bits per heavy atom. The minimum atomic E-state index is 0.119. The molecule has 0 aliphatic heterocycles. The lowest BCUT2D eigenvalue weighted by molar-refractivity contribution is 0.259. The molecule has 0 bridgehead atoms. The first-order valence-electron chi connectivity index (χ1n) is 6.17. The molecule has 1 aromatic rings. The van der Waals surface area contributed by atoms with Crippen LogP contribution in [0.25, 0.3) is 0 Å². The molecule has 0 aromatic heterocycles. The van der Waals surface area contributed by atoms with E-state index in [-0.39, 0.29) is 6.04 Å². The van der Waals surface area contributed by atoms with Crippen LogP contribution in [0, 0.1) is 5.92 Å². The van der Waals surface area contributed by atoms with Gasteiger partial charge in [0.25, 0.3) is 0 Å². The van der Waals surface area contributed by atoms with Gasteiger partial charge in [-0.25, -0.2) is 0 Å². The Hall–Kier alpha value is -1.02. The van der Waals surface area contributed by atoms with E-state index in [2.05, 4.69) is 32.0 Å². The van der Waals surface area contributed by atoms with E-state index in [9.17, 15) is 0 Å². The Morgan fingerprint density at radius 2 is 2.00 bits per heavy atom. The molecule has 1 atom stereocenters. The second-order valence-electron chi connectivity index (χ2n) is 5.00. The highest BCUT2D eigenvalue weighted by atomic mass is 16.5. The summed E-state index contributed by atoms with van der Waals surface area (Å²) in [6.45, 7) is 4.85. The van der Waals surface area contributed by atoms with Crippen LogP contribution in [0.2, 0.25) is 0 Å². The molecule has 2 N–H and O–H groups in total. The topological polar surface area (TPSA) is 35.2 Å². The maximum absolute atomic E-state index is 5.95. The zero-order valence-corrected chi connectivity index (χ0v) is 10.2. The summed E-state index contributed by atoms with van der Waals surface area (Å²) in [6, 6.07) is 6.55. The van der Waals surface area contributed by atoms with E-state index in [4.69, 9.17) is 10.5 Å². The van der Waals surface area contributed by atoms with Gasteiger partial charge in [-0.3, -0.25) is 0 Å². The Morgan fingerprint density at radius 3 is 2.75 bits per heavy atom. The van der Waals surface area contributed by atoms with Gasteiger partial charge in [-0.1, -0.05) is 19.9 Å². The highest BCUT2D eigenvalue weighted by Crippen LogP contribution is 2.26. The molecule has 0 radical (unpaired) electrons. The van der Waals surface area contributed by atoms with Gasteiger partial charge in [-0.15, -0.1) is 0 Å². The van der Waals surface area contributed by atoms with E-state index in [1.54, 1.807) is 0 Å². The van der Waals surface area contributed by atoms with Gasteiger partial charge in [-0.2, -0.15) is 0 Å². The fourth-order valence-corrected chi connectivity index (χ4v) is 2.02. The third-order valence-electron chi connectivity index (χ3n) is 3.37. The summed E-state index contributed by atoms with van der Waals surface area (Å²) < 4.78 is 5.73. The second kappa shape index (κ2) is 4.88. The lowest BCUT2D eigenvalue weighted by atomic mass is 10.1. The van der Waals surface area contributed by atoms with Crippen molar-refractivity contribution in [2.75, 3.05) is 6.61 Å². The van der Waals surface area contributed by atoms with Crippen LogP contribution in [0.4, 0.5) is 0 Å². The van der Waals surface area contributed by atoms with Crippen LogP contribution >= 0.6 is 0 Å². The molecule has 1 aliphatic carbocycles. The van der Waals surface area contributed by atoms with Gasteiger partial charge in [0.05, 0.1) is 0 Å². The molecular weight excluding hydrogens is 198 g/mol. The first kappa shape index (κ1) is 11.5. The molecule has 1 aromatic carbocycles. The maximum Gasteiger partial charge on any atom is 0.119 e. The lowest BCUT2D eigenvalue weighted by Crippen LogP contribution is -2.33. The van der Waals surface area contributed by atoms with Crippen LogP contribution in [0.5, 0.6) is 5.75 Å². The van der Waals surface area contributed by atoms with E-state index in [0.717, 1.165) is 5.75 Å². The fourth-order valence-electron chi connectivity index (χ4n) is 2.02. The average molecular weight is 219 g/mol. The normalized spacial score (nSPS) is 16.2. The van der Waals surface area contributed by atoms with Crippen molar-refractivity contribution in [3.63, 3.8) is 0 Å². The van der Waals surface area contributed by atoms with Gasteiger partial charge in [0.2, 0.25) is 0 Å². The number of aryl methyl sites for hydroxylation is 2. The van der Waals surface area contributed by atoms with E-state index in [0.29, 0.717) is 12.5 Å². The maximum atomic E-state index is 5.95. The molecule has 0 spiro atoms. The molecule has 0 saturated carbocycles. The van der Waals surface area contributed by atoms with E-state index in [1.165, 1.54) is 30.4 Å². The van der Waals surface area contributed by atoms with Crippen LogP contribution in [-0.4, -0.2) is 12.6 Å². The molecule has 0 fully saturated rings. The second-order valence-corrected chi connectivity index (χ2v) is 5.00. The number of hydrogen-bond acceptors (Lipinski definition) is 2. The number of benzene rings is 1. The van der Waals surface area contributed by atoms with Gasteiger partial charge in [-0.05, 0) is 48.4 Å². The van der Waals surface area contributed by atoms with Crippen molar-refractivity contribution in [2.24, 2.45) is 11.7 Å². The summed E-state index contributed by atoms with van der Waals surface area (Å²) in [5, 5.41) is 0. The quantitative estimate of drug-likeness (QED) is 0.844. The van der Waals surface area contributed by atoms with E-state index in [1.807, 2.05) is 0 Å². The highest BCUT2D eigenvalue weighted by molar-refractivity contribution is 5.38. The Kier molecular flexibility index (Phi) is 3.49. The minimum Gasteiger partial charge on any atom is -0.492 e. The summed E-state index contributed by atoms with van der Waals surface area (Å²) in [7, 11) is 0. The number of fused-ring (bicyclic) bond motifs is 1. The van der Waals surface area contributed by atoms with Crippen LogP contribution in [0.1, 0.15) is 31.4 Å². The smallest absolute Gasteiger partial charge is 0.119 e. The van der Waals surface area contributed by atoms with Crippen LogP contribution in [-0.2, 0) is 12.8 Å². The van der Waals surface area contributed by atoms with Gasteiger partial charge >= 0.3 is 0 Å². The van der Waals surface area contributed by atoms with Gasteiger partial charge < -0.3 is 10.5 Å². The molecule has 0 amide bonds.